The van der Waals surface area contributed by atoms with Gasteiger partial charge in [-0.15, -0.1) is 0 Å². The van der Waals surface area contributed by atoms with Crippen LogP contribution in [0.25, 0.3) is 0 Å². The fourth-order valence-corrected chi connectivity index (χ4v) is 1.32. The average Bonchev–Trinajstić information content (AvgIpc) is 2.31. The molecular formula is C9H15ClN2. The van der Waals surface area contributed by atoms with Crippen LogP contribution < -0.4 is 0 Å². The van der Waals surface area contributed by atoms with Crippen LogP contribution in [0.4, 0.5) is 0 Å². The van der Waals surface area contributed by atoms with E-state index in [-0.39, 0.29) is 0 Å². The summed E-state index contributed by atoms with van der Waals surface area (Å²) < 4.78 is 1.87. The van der Waals surface area contributed by atoms with E-state index in [2.05, 4.69) is 25.9 Å². The number of rotatable bonds is 3. The lowest BCUT2D eigenvalue weighted by atomic mass is 10.2. The predicted molar refractivity (Wildman–Crippen MR) is 51.5 cm³/mol. The molecule has 0 aliphatic heterocycles. The number of aromatic nitrogens is 2. The van der Waals surface area contributed by atoms with Gasteiger partial charge in [-0.1, -0.05) is 32.4 Å². The third-order valence-corrected chi connectivity index (χ3v) is 1.99. The van der Waals surface area contributed by atoms with Gasteiger partial charge in [0.1, 0.15) is 5.15 Å². The van der Waals surface area contributed by atoms with Gasteiger partial charge in [0.2, 0.25) is 0 Å². The molecule has 1 rings (SSSR count). The van der Waals surface area contributed by atoms with Gasteiger partial charge in [-0.2, -0.15) is 5.10 Å². The van der Waals surface area contributed by atoms with Crippen molar-refractivity contribution in [3.63, 3.8) is 0 Å². The lowest BCUT2D eigenvalue weighted by Crippen LogP contribution is -2.06. The van der Waals surface area contributed by atoms with Gasteiger partial charge in [-0.3, -0.25) is 4.68 Å². The molecule has 0 unspecified atom stereocenters. The van der Waals surface area contributed by atoms with Gasteiger partial charge < -0.3 is 0 Å². The first-order valence-electron chi connectivity index (χ1n) is 4.35. The van der Waals surface area contributed by atoms with E-state index in [1.165, 1.54) is 0 Å². The maximum atomic E-state index is 5.97. The lowest BCUT2D eigenvalue weighted by molar-refractivity contribution is 0.480. The second-order valence-corrected chi connectivity index (χ2v) is 3.78. The number of halogens is 1. The molecule has 1 heterocycles. The quantitative estimate of drug-likeness (QED) is 0.710. The van der Waals surface area contributed by atoms with Gasteiger partial charge in [0.05, 0.1) is 5.69 Å². The molecule has 0 aliphatic carbocycles. The molecule has 0 amide bonds. The lowest BCUT2D eigenvalue weighted by Gasteiger charge is -2.05. The molecular weight excluding hydrogens is 172 g/mol. The highest BCUT2D eigenvalue weighted by Gasteiger charge is 2.05. The fraction of sp³-hybridized carbons (Fsp3) is 0.667. The van der Waals surface area contributed by atoms with Crippen LogP contribution in [0, 0.1) is 5.92 Å². The van der Waals surface area contributed by atoms with Crippen LogP contribution in [0.15, 0.2) is 6.07 Å². The topological polar surface area (TPSA) is 17.8 Å². The predicted octanol–water partition coefficient (Wildman–Crippen LogP) is 2.75. The second-order valence-electron chi connectivity index (χ2n) is 3.39. The molecule has 0 aromatic carbocycles. The average molecular weight is 187 g/mol. The summed E-state index contributed by atoms with van der Waals surface area (Å²) in [6.45, 7) is 7.30. The number of hydrogen-bond acceptors (Lipinski definition) is 1. The molecule has 12 heavy (non-hydrogen) atoms. The van der Waals surface area contributed by atoms with E-state index in [0.717, 1.165) is 23.8 Å². The summed E-state index contributed by atoms with van der Waals surface area (Å²) in [4.78, 5) is 0. The molecule has 3 heteroatoms. The van der Waals surface area contributed by atoms with Crippen LogP contribution in [0.5, 0.6) is 0 Å². The first-order valence-corrected chi connectivity index (χ1v) is 4.73. The Bertz CT molecular complexity index is 253. The monoisotopic (exact) mass is 186 g/mol. The van der Waals surface area contributed by atoms with Crippen molar-refractivity contribution in [3.05, 3.63) is 16.9 Å². The molecule has 1 aromatic heterocycles. The molecule has 0 fully saturated rings. The highest BCUT2D eigenvalue weighted by molar-refractivity contribution is 6.29. The largest absolute Gasteiger partial charge is 0.254 e. The second kappa shape index (κ2) is 3.94. The van der Waals surface area contributed by atoms with Crippen LogP contribution in [-0.4, -0.2) is 9.78 Å². The summed E-state index contributed by atoms with van der Waals surface area (Å²) in [7, 11) is 0. The first kappa shape index (κ1) is 9.59. The molecule has 0 N–H and O–H groups in total. The Hall–Kier alpha value is -0.500. The van der Waals surface area contributed by atoms with Gasteiger partial charge in [0.25, 0.3) is 0 Å². The van der Waals surface area contributed by atoms with Gasteiger partial charge in [0, 0.05) is 6.54 Å². The molecule has 68 valence electrons. The summed E-state index contributed by atoms with van der Waals surface area (Å²) in [5.74, 6) is 0.590. The van der Waals surface area contributed by atoms with Crippen molar-refractivity contribution in [3.8, 4) is 0 Å². The van der Waals surface area contributed by atoms with Crippen LogP contribution in [-0.2, 0) is 13.0 Å². The summed E-state index contributed by atoms with van der Waals surface area (Å²) >= 11 is 5.97. The Balaban J connectivity index is 2.77. The van der Waals surface area contributed by atoms with E-state index in [1.807, 2.05) is 10.7 Å². The summed E-state index contributed by atoms with van der Waals surface area (Å²) in [6.07, 6.45) is 0.949. The highest BCUT2D eigenvalue weighted by atomic mass is 35.5. The zero-order valence-corrected chi connectivity index (χ0v) is 8.60. The first-order chi connectivity index (χ1) is 5.63. The van der Waals surface area contributed by atoms with Crippen molar-refractivity contribution in [1.82, 2.24) is 9.78 Å². The third kappa shape index (κ3) is 2.24. The minimum absolute atomic E-state index is 0.590. The van der Waals surface area contributed by atoms with Gasteiger partial charge in [-0.05, 0) is 18.4 Å². The maximum absolute atomic E-state index is 5.97. The van der Waals surface area contributed by atoms with Gasteiger partial charge in [0.15, 0.2) is 0 Å². The number of aryl methyl sites for hydroxylation is 1. The van der Waals surface area contributed by atoms with E-state index in [9.17, 15) is 0 Å². The van der Waals surface area contributed by atoms with E-state index in [0.29, 0.717) is 5.92 Å². The van der Waals surface area contributed by atoms with Crippen LogP contribution >= 0.6 is 11.6 Å². The zero-order chi connectivity index (χ0) is 9.14. The van der Waals surface area contributed by atoms with Crippen molar-refractivity contribution in [2.24, 2.45) is 5.92 Å². The Morgan fingerprint density at radius 1 is 1.58 bits per heavy atom. The van der Waals surface area contributed by atoms with Crippen molar-refractivity contribution >= 4 is 11.6 Å². The standard InChI is InChI=1S/C9H15ClN2/c1-4-8-5-9(10)12(11-8)6-7(2)3/h5,7H,4,6H2,1-3H3. The normalized spacial score (nSPS) is 11.1. The molecule has 0 atom stereocenters. The fourth-order valence-electron chi connectivity index (χ4n) is 1.09. The Morgan fingerprint density at radius 2 is 2.25 bits per heavy atom. The molecule has 0 saturated carbocycles. The SMILES string of the molecule is CCc1cc(Cl)n(CC(C)C)n1. The van der Waals surface area contributed by atoms with Crippen molar-refractivity contribution in [2.75, 3.05) is 0 Å². The van der Waals surface area contributed by atoms with E-state index >= 15 is 0 Å². The smallest absolute Gasteiger partial charge is 0.127 e. The molecule has 2 nitrogen and oxygen atoms in total. The van der Waals surface area contributed by atoms with Crippen LogP contribution in [0.1, 0.15) is 26.5 Å². The molecule has 0 radical (unpaired) electrons. The van der Waals surface area contributed by atoms with Crippen molar-refractivity contribution in [1.29, 1.82) is 0 Å². The van der Waals surface area contributed by atoms with Crippen LogP contribution in [0.2, 0.25) is 5.15 Å². The maximum Gasteiger partial charge on any atom is 0.127 e. The van der Waals surface area contributed by atoms with Gasteiger partial charge >= 0.3 is 0 Å². The van der Waals surface area contributed by atoms with Crippen molar-refractivity contribution < 1.29 is 0 Å². The molecule has 0 aliphatic rings. The van der Waals surface area contributed by atoms with Crippen LogP contribution in [0.3, 0.4) is 0 Å². The Kier molecular flexibility index (Phi) is 3.15. The minimum Gasteiger partial charge on any atom is -0.254 e. The molecule has 0 bridgehead atoms. The van der Waals surface area contributed by atoms with E-state index in [1.54, 1.807) is 0 Å². The third-order valence-electron chi connectivity index (χ3n) is 1.68. The minimum atomic E-state index is 0.590. The Labute approximate surface area is 78.5 Å². The molecule has 0 saturated heterocycles. The van der Waals surface area contributed by atoms with E-state index < -0.39 is 0 Å². The Morgan fingerprint density at radius 3 is 2.67 bits per heavy atom. The highest BCUT2D eigenvalue weighted by Crippen LogP contribution is 2.13. The summed E-state index contributed by atoms with van der Waals surface area (Å²) in [5.41, 5.74) is 1.07. The molecule has 1 aromatic rings. The van der Waals surface area contributed by atoms with Crippen molar-refractivity contribution in [2.45, 2.75) is 33.7 Å². The molecule has 0 spiro atoms. The number of nitrogens with zero attached hydrogens (tertiary/aromatic N) is 2. The summed E-state index contributed by atoms with van der Waals surface area (Å²) in [6, 6.07) is 1.93. The van der Waals surface area contributed by atoms with E-state index in [4.69, 9.17) is 11.6 Å². The zero-order valence-electron chi connectivity index (χ0n) is 7.84. The summed E-state index contributed by atoms with van der Waals surface area (Å²) in [5, 5.41) is 5.10. The number of hydrogen-bond donors (Lipinski definition) is 0. The van der Waals surface area contributed by atoms with Gasteiger partial charge in [-0.25, -0.2) is 0 Å².